The number of methoxy groups -OCH3 is 1. The van der Waals surface area contributed by atoms with Crippen LogP contribution in [0.1, 0.15) is 38.5 Å². The molecule has 2 heterocycles. The predicted molar refractivity (Wildman–Crippen MR) is 106 cm³/mol. The second-order valence-corrected chi connectivity index (χ2v) is 7.71. The number of aromatic nitrogens is 3. The van der Waals surface area contributed by atoms with Gasteiger partial charge in [-0.15, -0.1) is 0 Å². The quantitative estimate of drug-likeness (QED) is 0.444. The zero-order chi connectivity index (χ0) is 19.1. The maximum absolute atomic E-state index is 12.8. The Labute approximate surface area is 162 Å². The number of ether oxygens (including phenoxy) is 1. The minimum Gasteiger partial charge on any atom is -0.383 e. The van der Waals surface area contributed by atoms with Gasteiger partial charge in [0.25, 0.3) is 5.56 Å². The Kier molecular flexibility index (Phi) is 7.23. The third kappa shape index (κ3) is 5.29. The lowest BCUT2D eigenvalue weighted by Gasteiger charge is -2.16. The topological polar surface area (TPSA) is 86.1 Å². The summed E-state index contributed by atoms with van der Waals surface area (Å²) in [4.78, 5) is 33.8. The highest BCUT2D eigenvalue weighted by molar-refractivity contribution is 7.99. The summed E-state index contributed by atoms with van der Waals surface area (Å²) < 4.78 is 6.68. The number of hydrogen-bond donors (Lipinski definition) is 1. The van der Waals surface area contributed by atoms with Crippen molar-refractivity contribution in [3.8, 4) is 0 Å². The number of carbonyl (C=O) groups excluding carboxylic acids is 1. The third-order valence-electron chi connectivity index (χ3n) is 4.77. The first-order valence-corrected chi connectivity index (χ1v) is 10.4. The molecule has 0 atom stereocenters. The lowest BCUT2D eigenvalue weighted by molar-refractivity contribution is -0.119. The number of pyridine rings is 1. The van der Waals surface area contributed by atoms with Crippen LogP contribution < -0.4 is 10.9 Å². The molecule has 1 amide bonds. The molecule has 0 aromatic carbocycles. The predicted octanol–water partition coefficient (Wildman–Crippen LogP) is 2.37. The van der Waals surface area contributed by atoms with E-state index < -0.39 is 0 Å². The minimum absolute atomic E-state index is 0.0134. The van der Waals surface area contributed by atoms with Gasteiger partial charge in [0.1, 0.15) is 0 Å². The molecule has 1 aliphatic carbocycles. The van der Waals surface area contributed by atoms with Crippen molar-refractivity contribution in [1.29, 1.82) is 0 Å². The monoisotopic (exact) mass is 390 g/mol. The number of nitrogens with one attached hydrogen (secondary N) is 1. The van der Waals surface area contributed by atoms with Gasteiger partial charge >= 0.3 is 0 Å². The molecule has 3 rings (SSSR count). The number of carbonyl (C=O) groups is 1. The summed E-state index contributed by atoms with van der Waals surface area (Å²) in [5.74, 6) is 0.217. The van der Waals surface area contributed by atoms with Crippen molar-refractivity contribution in [2.75, 3.05) is 19.5 Å². The van der Waals surface area contributed by atoms with Crippen molar-refractivity contribution in [3.63, 3.8) is 0 Å². The van der Waals surface area contributed by atoms with E-state index in [0.29, 0.717) is 29.3 Å². The average Bonchev–Trinajstić information content (AvgIpc) is 2.94. The van der Waals surface area contributed by atoms with Crippen LogP contribution in [-0.4, -0.2) is 46.0 Å². The SMILES string of the molecule is COCCn1c(SCC(=O)NC2CCCCCC2)nc2ncccc2c1=O. The first kappa shape index (κ1) is 19.8. The molecule has 7 nitrogen and oxygen atoms in total. The Balaban J connectivity index is 1.72. The summed E-state index contributed by atoms with van der Waals surface area (Å²) in [6, 6.07) is 3.70. The summed E-state index contributed by atoms with van der Waals surface area (Å²) in [5.41, 5.74) is 0.250. The molecule has 1 saturated carbocycles. The van der Waals surface area contributed by atoms with Gasteiger partial charge < -0.3 is 10.1 Å². The van der Waals surface area contributed by atoms with E-state index in [2.05, 4.69) is 15.3 Å². The molecule has 1 fully saturated rings. The van der Waals surface area contributed by atoms with E-state index in [-0.39, 0.29) is 23.3 Å². The van der Waals surface area contributed by atoms with Crippen LogP contribution in [-0.2, 0) is 16.1 Å². The Morgan fingerprint density at radius 2 is 2.11 bits per heavy atom. The molecule has 2 aromatic rings. The summed E-state index contributed by atoms with van der Waals surface area (Å²) >= 11 is 1.27. The van der Waals surface area contributed by atoms with Crippen LogP contribution in [0.4, 0.5) is 0 Å². The van der Waals surface area contributed by atoms with Crippen LogP contribution in [0.3, 0.4) is 0 Å². The number of hydrogen-bond acceptors (Lipinski definition) is 6. The van der Waals surface area contributed by atoms with Crippen LogP contribution in [0.2, 0.25) is 0 Å². The van der Waals surface area contributed by atoms with E-state index in [1.807, 2.05) is 0 Å². The third-order valence-corrected chi connectivity index (χ3v) is 5.74. The smallest absolute Gasteiger partial charge is 0.263 e. The fourth-order valence-corrected chi connectivity index (χ4v) is 4.17. The van der Waals surface area contributed by atoms with Crippen molar-refractivity contribution < 1.29 is 9.53 Å². The van der Waals surface area contributed by atoms with Gasteiger partial charge in [-0.1, -0.05) is 37.4 Å². The van der Waals surface area contributed by atoms with E-state index in [0.717, 1.165) is 12.8 Å². The highest BCUT2D eigenvalue weighted by Gasteiger charge is 2.17. The van der Waals surface area contributed by atoms with Gasteiger partial charge in [-0.05, 0) is 25.0 Å². The van der Waals surface area contributed by atoms with Crippen LogP contribution in [0.5, 0.6) is 0 Å². The zero-order valence-electron chi connectivity index (χ0n) is 15.6. The minimum atomic E-state index is -0.156. The number of nitrogens with zero attached hydrogens (tertiary/aromatic N) is 3. The molecule has 1 N–H and O–H groups in total. The number of amides is 1. The van der Waals surface area contributed by atoms with Gasteiger partial charge in [0.15, 0.2) is 10.8 Å². The maximum Gasteiger partial charge on any atom is 0.263 e. The van der Waals surface area contributed by atoms with Crippen LogP contribution in [0.15, 0.2) is 28.3 Å². The van der Waals surface area contributed by atoms with E-state index in [1.165, 1.54) is 37.4 Å². The van der Waals surface area contributed by atoms with Crippen molar-refractivity contribution in [1.82, 2.24) is 19.9 Å². The fourth-order valence-electron chi connectivity index (χ4n) is 3.35. The normalized spacial score (nSPS) is 15.6. The molecule has 0 saturated heterocycles. The van der Waals surface area contributed by atoms with Crippen LogP contribution in [0.25, 0.3) is 11.0 Å². The molecule has 1 aliphatic rings. The molecule has 0 spiro atoms. The summed E-state index contributed by atoms with van der Waals surface area (Å²) in [7, 11) is 1.59. The molecule has 27 heavy (non-hydrogen) atoms. The fraction of sp³-hybridized carbons (Fsp3) is 0.579. The van der Waals surface area contributed by atoms with E-state index in [4.69, 9.17) is 4.74 Å². The molecule has 8 heteroatoms. The summed E-state index contributed by atoms with van der Waals surface area (Å²) in [6.45, 7) is 0.787. The summed E-state index contributed by atoms with van der Waals surface area (Å²) in [6.07, 6.45) is 8.56. The van der Waals surface area contributed by atoms with Crippen molar-refractivity contribution in [3.05, 3.63) is 28.7 Å². The molecule has 0 radical (unpaired) electrons. The van der Waals surface area contributed by atoms with Gasteiger partial charge in [0, 0.05) is 19.3 Å². The van der Waals surface area contributed by atoms with Crippen molar-refractivity contribution in [2.24, 2.45) is 0 Å². The van der Waals surface area contributed by atoms with Gasteiger partial charge in [-0.25, -0.2) is 9.97 Å². The Morgan fingerprint density at radius 1 is 1.33 bits per heavy atom. The molecule has 146 valence electrons. The van der Waals surface area contributed by atoms with Gasteiger partial charge in [-0.2, -0.15) is 0 Å². The molecule has 0 bridgehead atoms. The Morgan fingerprint density at radius 3 is 2.85 bits per heavy atom. The zero-order valence-corrected chi connectivity index (χ0v) is 16.5. The second kappa shape index (κ2) is 9.85. The highest BCUT2D eigenvalue weighted by Crippen LogP contribution is 2.19. The molecule has 2 aromatic heterocycles. The molecular formula is C19H26N4O3S. The lowest BCUT2D eigenvalue weighted by atomic mass is 10.1. The highest BCUT2D eigenvalue weighted by atomic mass is 32.2. The van der Waals surface area contributed by atoms with Crippen LogP contribution in [0, 0.1) is 0 Å². The Bertz CT molecular complexity index is 831. The van der Waals surface area contributed by atoms with E-state index >= 15 is 0 Å². The van der Waals surface area contributed by atoms with Gasteiger partial charge in [-0.3, -0.25) is 14.2 Å². The largest absolute Gasteiger partial charge is 0.383 e. The van der Waals surface area contributed by atoms with Crippen LogP contribution >= 0.6 is 11.8 Å². The lowest BCUT2D eigenvalue weighted by Crippen LogP contribution is -2.35. The molecule has 0 unspecified atom stereocenters. The van der Waals surface area contributed by atoms with Gasteiger partial charge in [0.05, 0.1) is 24.3 Å². The first-order valence-electron chi connectivity index (χ1n) is 9.45. The van der Waals surface area contributed by atoms with Gasteiger partial charge in [0.2, 0.25) is 5.91 Å². The number of thioether (sulfide) groups is 1. The molecule has 0 aliphatic heterocycles. The molecular weight excluding hydrogens is 364 g/mol. The summed E-state index contributed by atoms with van der Waals surface area (Å²) in [5, 5.41) is 4.10. The first-order chi connectivity index (χ1) is 13.2. The Hall–Kier alpha value is -1.93. The van der Waals surface area contributed by atoms with Crippen molar-refractivity contribution >= 4 is 28.7 Å². The maximum atomic E-state index is 12.8. The second-order valence-electron chi connectivity index (χ2n) is 6.76. The van der Waals surface area contributed by atoms with E-state index in [9.17, 15) is 9.59 Å². The standard InChI is InChI=1S/C19H26N4O3S/c1-26-12-11-23-18(25)15-9-6-10-20-17(15)22-19(23)27-13-16(24)21-14-7-4-2-3-5-8-14/h6,9-10,14H,2-5,7-8,11-13H2,1H3,(H,21,24). The average molecular weight is 391 g/mol. The van der Waals surface area contributed by atoms with Crippen molar-refractivity contribution in [2.45, 2.75) is 56.3 Å². The number of rotatable bonds is 7. The van der Waals surface area contributed by atoms with E-state index in [1.54, 1.807) is 30.0 Å². The number of fused-ring (bicyclic) bond motifs is 1.